The molecule has 1 atom stereocenters. The van der Waals surface area contributed by atoms with Crippen molar-refractivity contribution in [1.82, 2.24) is 0 Å². The lowest BCUT2D eigenvalue weighted by atomic mass is 9.94. The van der Waals surface area contributed by atoms with Gasteiger partial charge in [0.15, 0.2) is 6.10 Å². The standard InChI is InChI=1S/C17H25IO3/c1-6-20-17(19)13(5)21-16-14(11(2)3)8-7-12(4)15(16)9-10-18/h7-8,11,13H,6,9-10H2,1-5H3/t13-/m1/s1. The Balaban J connectivity index is 3.17. The van der Waals surface area contributed by atoms with Gasteiger partial charge in [0.05, 0.1) is 6.61 Å². The number of carbonyl (C=O) groups excluding carboxylic acids is 1. The van der Waals surface area contributed by atoms with Gasteiger partial charge < -0.3 is 9.47 Å². The molecule has 0 aliphatic carbocycles. The van der Waals surface area contributed by atoms with Crippen molar-refractivity contribution in [2.45, 2.75) is 53.1 Å². The number of halogens is 1. The van der Waals surface area contributed by atoms with E-state index in [2.05, 4.69) is 55.5 Å². The second kappa shape index (κ2) is 8.61. The summed E-state index contributed by atoms with van der Waals surface area (Å²) in [5, 5.41) is 0. The van der Waals surface area contributed by atoms with Crippen molar-refractivity contribution >= 4 is 28.6 Å². The summed E-state index contributed by atoms with van der Waals surface area (Å²) in [5.41, 5.74) is 3.56. The zero-order valence-electron chi connectivity index (χ0n) is 13.5. The van der Waals surface area contributed by atoms with Crippen molar-refractivity contribution in [3.05, 3.63) is 28.8 Å². The van der Waals surface area contributed by atoms with Crippen LogP contribution in [0.15, 0.2) is 12.1 Å². The first kappa shape index (κ1) is 18.3. The van der Waals surface area contributed by atoms with Gasteiger partial charge in [-0.15, -0.1) is 0 Å². The van der Waals surface area contributed by atoms with Crippen molar-refractivity contribution in [3.63, 3.8) is 0 Å². The van der Waals surface area contributed by atoms with Gasteiger partial charge in [-0.25, -0.2) is 4.79 Å². The smallest absolute Gasteiger partial charge is 0.347 e. The van der Waals surface area contributed by atoms with Crippen molar-refractivity contribution in [2.24, 2.45) is 0 Å². The van der Waals surface area contributed by atoms with E-state index in [1.807, 2.05) is 0 Å². The largest absolute Gasteiger partial charge is 0.478 e. The third-order valence-corrected chi connectivity index (χ3v) is 3.94. The highest BCUT2D eigenvalue weighted by atomic mass is 127. The molecule has 0 saturated carbocycles. The lowest BCUT2D eigenvalue weighted by Crippen LogP contribution is -2.27. The Hall–Kier alpha value is -0.780. The second-order valence-corrected chi connectivity index (χ2v) is 6.46. The monoisotopic (exact) mass is 404 g/mol. The molecule has 0 aliphatic rings. The summed E-state index contributed by atoms with van der Waals surface area (Å²) in [5.74, 6) is 0.902. The SMILES string of the molecule is CCOC(=O)[C@@H](C)Oc1c(C(C)C)ccc(C)c1CCI. The molecule has 0 amide bonds. The van der Waals surface area contributed by atoms with Crippen LogP contribution in [0.3, 0.4) is 0 Å². The van der Waals surface area contributed by atoms with Crippen LogP contribution in [0.5, 0.6) is 5.75 Å². The van der Waals surface area contributed by atoms with Gasteiger partial charge >= 0.3 is 5.97 Å². The first-order valence-electron chi connectivity index (χ1n) is 7.43. The number of hydrogen-bond donors (Lipinski definition) is 0. The molecule has 0 spiro atoms. The maximum atomic E-state index is 11.8. The summed E-state index contributed by atoms with van der Waals surface area (Å²) in [4.78, 5) is 11.8. The number of aryl methyl sites for hydroxylation is 1. The van der Waals surface area contributed by atoms with E-state index in [9.17, 15) is 4.79 Å². The van der Waals surface area contributed by atoms with Crippen molar-refractivity contribution in [2.75, 3.05) is 11.0 Å². The minimum Gasteiger partial charge on any atom is -0.478 e. The molecule has 3 nitrogen and oxygen atoms in total. The summed E-state index contributed by atoms with van der Waals surface area (Å²) in [7, 11) is 0. The molecule has 1 aromatic rings. The molecule has 0 N–H and O–H groups in total. The lowest BCUT2D eigenvalue weighted by molar-refractivity contribution is -0.150. The fourth-order valence-electron chi connectivity index (χ4n) is 2.23. The minimum absolute atomic E-state index is 0.311. The van der Waals surface area contributed by atoms with Crippen LogP contribution in [0.25, 0.3) is 0 Å². The molecule has 0 bridgehead atoms. The molecule has 21 heavy (non-hydrogen) atoms. The number of hydrogen-bond acceptors (Lipinski definition) is 3. The summed E-state index contributed by atoms with van der Waals surface area (Å²) in [6, 6.07) is 4.24. The molecule has 118 valence electrons. The Morgan fingerprint density at radius 1 is 1.29 bits per heavy atom. The van der Waals surface area contributed by atoms with Crippen LogP contribution in [-0.2, 0) is 16.0 Å². The maximum absolute atomic E-state index is 11.8. The number of benzene rings is 1. The normalized spacial score (nSPS) is 12.3. The lowest BCUT2D eigenvalue weighted by Gasteiger charge is -2.22. The Kier molecular flexibility index (Phi) is 7.49. The quantitative estimate of drug-likeness (QED) is 0.383. The molecular weight excluding hydrogens is 379 g/mol. The molecular formula is C17H25IO3. The third kappa shape index (κ3) is 4.87. The van der Waals surface area contributed by atoms with Crippen LogP contribution < -0.4 is 4.74 Å². The first-order valence-corrected chi connectivity index (χ1v) is 8.96. The molecule has 1 aromatic carbocycles. The van der Waals surface area contributed by atoms with Gasteiger partial charge in [-0.2, -0.15) is 0 Å². The molecule has 0 radical (unpaired) electrons. The topological polar surface area (TPSA) is 35.5 Å². The van der Waals surface area contributed by atoms with Gasteiger partial charge in [-0.1, -0.05) is 48.6 Å². The average Bonchev–Trinajstić information content (AvgIpc) is 2.42. The summed E-state index contributed by atoms with van der Waals surface area (Å²) < 4.78 is 12.1. The summed E-state index contributed by atoms with van der Waals surface area (Å²) in [6.07, 6.45) is 0.356. The number of carbonyl (C=O) groups is 1. The van der Waals surface area contributed by atoms with E-state index >= 15 is 0 Å². The molecule has 1 rings (SSSR count). The van der Waals surface area contributed by atoms with Gasteiger partial charge in [-0.3, -0.25) is 0 Å². The van der Waals surface area contributed by atoms with Crippen LogP contribution >= 0.6 is 22.6 Å². The predicted molar refractivity (Wildman–Crippen MR) is 94.6 cm³/mol. The number of rotatable bonds is 7. The summed E-state index contributed by atoms with van der Waals surface area (Å²) >= 11 is 2.37. The van der Waals surface area contributed by atoms with Crippen molar-refractivity contribution in [1.29, 1.82) is 0 Å². The highest BCUT2D eigenvalue weighted by molar-refractivity contribution is 14.1. The predicted octanol–water partition coefficient (Wildman–Crippen LogP) is 4.43. The molecule has 0 heterocycles. The van der Waals surface area contributed by atoms with E-state index < -0.39 is 6.10 Å². The number of alkyl halides is 1. The molecule has 0 aromatic heterocycles. The maximum Gasteiger partial charge on any atom is 0.347 e. The van der Waals surface area contributed by atoms with E-state index in [0.29, 0.717) is 12.5 Å². The van der Waals surface area contributed by atoms with Crippen LogP contribution in [0.4, 0.5) is 0 Å². The van der Waals surface area contributed by atoms with Crippen LogP contribution in [0.1, 0.15) is 50.3 Å². The highest BCUT2D eigenvalue weighted by Crippen LogP contribution is 2.34. The minimum atomic E-state index is -0.586. The van der Waals surface area contributed by atoms with Gasteiger partial charge in [0.2, 0.25) is 0 Å². The molecule has 0 unspecified atom stereocenters. The van der Waals surface area contributed by atoms with E-state index in [1.54, 1.807) is 13.8 Å². The molecule has 0 fully saturated rings. The van der Waals surface area contributed by atoms with E-state index in [1.165, 1.54) is 11.1 Å². The first-order chi connectivity index (χ1) is 9.92. The van der Waals surface area contributed by atoms with Gasteiger partial charge in [-0.05, 0) is 49.8 Å². The Labute approximate surface area is 141 Å². The van der Waals surface area contributed by atoms with E-state index in [0.717, 1.165) is 22.2 Å². The van der Waals surface area contributed by atoms with Gasteiger partial charge in [0.25, 0.3) is 0 Å². The Morgan fingerprint density at radius 3 is 2.48 bits per heavy atom. The highest BCUT2D eigenvalue weighted by Gasteiger charge is 2.21. The Morgan fingerprint density at radius 2 is 1.95 bits per heavy atom. The zero-order chi connectivity index (χ0) is 16.0. The summed E-state index contributed by atoms with van der Waals surface area (Å²) in [6.45, 7) is 10.3. The van der Waals surface area contributed by atoms with Crippen molar-refractivity contribution in [3.8, 4) is 5.75 Å². The van der Waals surface area contributed by atoms with Crippen molar-refractivity contribution < 1.29 is 14.3 Å². The van der Waals surface area contributed by atoms with E-state index in [-0.39, 0.29) is 5.97 Å². The zero-order valence-corrected chi connectivity index (χ0v) is 15.7. The van der Waals surface area contributed by atoms with Gasteiger partial charge in [0.1, 0.15) is 5.75 Å². The molecule has 4 heteroatoms. The van der Waals surface area contributed by atoms with Crippen LogP contribution in [0.2, 0.25) is 0 Å². The fourth-order valence-corrected chi connectivity index (χ4v) is 2.77. The Bertz CT molecular complexity index is 483. The second-order valence-electron chi connectivity index (χ2n) is 5.39. The van der Waals surface area contributed by atoms with Gasteiger partial charge in [0, 0.05) is 4.43 Å². The molecule has 0 aliphatic heterocycles. The van der Waals surface area contributed by atoms with Crippen LogP contribution in [-0.4, -0.2) is 23.1 Å². The number of ether oxygens (including phenoxy) is 2. The van der Waals surface area contributed by atoms with Crippen LogP contribution in [0, 0.1) is 6.92 Å². The van der Waals surface area contributed by atoms with E-state index in [4.69, 9.17) is 9.47 Å². The third-order valence-electron chi connectivity index (χ3n) is 3.40. The molecule has 0 saturated heterocycles. The fraction of sp³-hybridized carbons (Fsp3) is 0.588. The number of esters is 1. The average molecular weight is 404 g/mol.